The van der Waals surface area contributed by atoms with Gasteiger partial charge in [0, 0.05) is 6.20 Å². The molecule has 5 nitrogen and oxygen atoms in total. The lowest BCUT2D eigenvalue weighted by atomic mass is 10.5. The van der Waals surface area contributed by atoms with Crippen molar-refractivity contribution >= 4 is 32.0 Å². The van der Waals surface area contributed by atoms with Gasteiger partial charge in [0.05, 0.1) is 0 Å². The van der Waals surface area contributed by atoms with Gasteiger partial charge in [-0.1, -0.05) is 4.40 Å². The summed E-state index contributed by atoms with van der Waals surface area (Å²) >= 11 is 2.92. The molecular weight excluding hydrogens is 260 g/mol. The van der Waals surface area contributed by atoms with Crippen molar-refractivity contribution < 1.29 is 13.2 Å². The molecule has 1 aromatic rings. The fourth-order valence-electron chi connectivity index (χ4n) is 0.662. The lowest BCUT2D eigenvalue weighted by molar-refractivity contribution is 0.563. The maximum absolute atomic E-state index is 11.2. The van der Waals surface area contributed by atoms with Gasteiger partial charge in [-0.25, -0.2) is 9.78 Å². The smallest absolute Gasteiger partial charge is 0.248 e. The summed E-state index contributed by atoms with van der Waals surface area (Å²) in [5.74, 6) is 0. The van der Waals surface area contributed by atoms with Crippen LogP contribution < -0.4 is 0 Å². The summed E-state index contributed by atoms with van der Waals surface area (Å²) in [6, 6.07) is 2.71. The largest absolute Gasteiger partial charge is 0.295 e. The van der Waals surface area contributed by atoms with E-state index in [9.17, 15) is 13.2 Å². The molecule has 0 spiro atoms. The highest BCUT2D eigenvalue weighted by Crippen LogP contribution is 2.19. The predicted octanol–water partition coefficient (Wildman–Crippen LogP) is 0.869. The van der Waals surface area contributed by atoms with E-state index in [1.165, 1.54) is 18.3 Å². The predicted molar refractivity (Wildman–Crippen MR) is 47.2 cm³/mol. The monoisotopic (exact) mass is 262 g/mol. The zero-order valence-electron chi connectivity index (χ0n) is 6.14. The van der Waals surface area contributed by atoms with Crippen molar-refractivity contribution in [3.05, 3.63) is 22.9 Å². The zero-order chi connectivity index (χ0) is 9.90. The summed E-state index contributed by atoms with van der Waals surface area (Å²) in [5.41, 5.74) is 0. The third-order valence-corrected chi connectivity index (χ3v) is 3.25. The van der Waals surface area contributed by atoms with E-state index in [2.05, 4.69) is 25.3 Å². The number of sulfonamides is 1. The van der Waals surface area contributed by atoms with E-state index >= 15 is 0 Å². The second-order valence-electron chi connectivity index (χ2n) is 1.95. The van der Waals surface area contributed by atoms with Crippen molar-refractivity contribution in [2.24, 2.45) is 4.40 Å². The molecule has 0 unspecified atom stereocenters. The molecule has 0 amide bonds. The molecule has 0 atom stereocenters. The number of hydrogen-bond acceptors (Lipinski definition) is 4. The minimum atomic E-state index is -3.95. The average Bonchev–Trinajstić information content (AvgIpc) is 2.04. The first-order valence-electron chi connectivity index (χ1n) is 3.02. The van der Waals surface area contributed by atoms with E-state index < -0.39 is 10.0 Å². The Bertz CT molecular complexity index is 465. The Kier molecular flexibility index (Phi) is 2.92. The minimum absolute atomic E-state index is 0.119. The lowest BCUT2D eigenvalue weighted by Crippen LogP contribution is -1.98. The number of isocyanates is 1. The first-order valence-corrected chi connectivity index (χ1v) is 5.26. The van der Waals surface area contributed by atoms with Gasteiger partial charge >= 0.3 is 0 Å². The Morgan fingerprint density at radius 2 is 2.23 bits per heavy atom. The summed E-state index contributed by atoms with van der Waals surface area (Å²) in [7, 11) is -3.95. The van der Waals surface area contributed by atoms with Crippen molar-refractivity contribution in [1.29, 1.82) is 0 Å². The Morgan fingerprint density at radius 1 is 1.54 bits per heavy atom. The Hall–Kier alpha value is -1.04. The van der Waals surface area contributed by atoms with E-state index in [4.69, 9.17) is 0 Å². The van der Waals surface area contributed by atoms with Crippen LogP contribution in [0.5, 0.6) is 0 Å². The first kappa shape index (κ1) is 10.0. The number of aromatic nitrogens is 1. The molecule has 0 aliphatic carbocycles. The van der Waals surface area contributed by atoms with Gasteiger partial charge in [0.2, 0.25) is 0 Å². The van der Waals surface area contributed by atoms with Gasteiger partial charge in [0.1, 0.15) is 9.50 Å². The molecule has 0 N–H and O–H groups in total. The topological polar surface area (TPSA) is 76.5 Å². The zero-order valence-corrected chi connectivity index (χ0v) is 8.54. The molecule has 0 bridgehead atoms. The number of carbonyl (C=O) groups excluding carboxylic acids is 1. The van der Waals surface area contributed by atoms with E-state index in [1.54, 1.807) is 0 Å². The minimum Gasteiger partial charge on any atom is -0.248 e. The quantitative estimate of drug-likeness (QED) is 0.450. The molecule has 0 fully saturated rings. The van der Waals surface area contributed by atoms with Gasteiger partial charge in [-0.15, -0.1) is 0 Å². The van der Waals surface area contributed by atoms with Gasteiger partial charge in [-0.2, -0.15) is 8.42 Å². The lowest BCUT2D eigenvalue weighted by Gasteiger charge is -1.97. The summed E-state index contributed by atoms with van der Waals surface area (Å²) in [5, 5.41) is 0. The summed E-state index contributed by atoms with van der Waals surface area (Å²) in [6.45, 7) is 0. The third kappa shape index (κ3) is 2.21. The standard InChI is InChI=1S/C6H3BrN2O3S/c7-6-5(2-1-3-8-6)13(11,12)9-4-10/h1-3H. The molecule has 1 aromatic heterocycles. The third-order valence-electron chi connectivity index (χ3n) is 1.16. The van der Waals surface area contributed by atoms with Crippen LogP contribution >= 0.6 is 15.9 Å². The van der Waals surface area contributed by atoms with Crippen LogP contribution in [0.4, 0.5) is 0 Å². The van der Waals surface area contributed by atoms with Crippen LogP contribution in [0.1, 0.15) is 0 Å². The Morgan fingerprint density at radius 3 is 2.77 bits per heavy atom. The second-order valence-corrected chi connectivity index (χ2v) is 4.27. The molecule has 0 aromatic carbocycles. The number of rotatable bonds is 2. The van der Waals surface area contributed by atoms with E-state index in [1.807, 2.05) is 0 Å². The van der Waals surface area contributed by atoms with Crippen molar-refractivity contribution in [2.75, 3.05) is 0 Å². The highest BCUT2D eigenvalue weighted by Gasteiger charge is 2.16. The van der Waals surface area contributed by atoms with Crippen molar-refractivity contribution in [3.63, 3.8) is 0 Å². The molecular formula is C6H3BrN2O3S. The van der Waals surface area contributed by atoms with E-state index in [0.717, 1.165) is 6.08 Å². The molecule has 1 rings (SSSR count). The average molecular weight is 263 g/mol. The second kappa shape index (κ2) is 3.78. The summed E-state index contributed by atoms with van der Waals surface area (Å²) in [4.78, 5) is 13.3. The summed E-state index contributed by atoms with van der Waals surface area (Å²) < 4.78 is 25.1. The van der Waals surface area contributed by atoms with E-state index in [0.29, 0.717) is 0 Å². The highest BCUT2D eigenvalue weighted by atomic mass is 79.9. The molecule has 0 saturated carbocycles. The highest BCUT2D eigenvalue weighted by molar-refractivity contribution is 9.10. The van der Waals surface area contributed by atoms with Gasteiger partial charge in [-0.3, -0.25) is 0 Å². The molecule has 13 heavy (non-hydrogen) atoms. The Labute approximate surface area is 82.7 Å². The number of pyridine rings is 1. The number of halogens is 1. The maximum Gasteiger partial charge on any atom is 0.295 e. The van der Waals surface area contributed by atoms with Gasteiger partial charge in [0.15, 0.2) is 0 Å². The first-order chi connectivity index (χ1) is 6.08. The molecule has 0 radical (unpaired) electrons. The van der Waals surface area contributed by atoms with Gasteiger partial charge in [0.25, 0.3) is 16.1 Å². The van der Waals surface area contributed by atoms with Gasteiger partial charge in [-0.05, 0) is 28.1 Å². The fraction of sp³-hybridized carbons (Fsp3) is 0. The molecule has 0 aliphatic heterocycles. The molecule has 0 saturated heterocycles. The number of hydrogen-bond donors (Lipinski definition) is 0. The molecule has 0 aliphatic rings. The van der Waals surface area contributed by atoms with Crippen LogP contribution in [0.25, 0.3) is 0 Å². The fourth-order valence-corrected chi connectivity index (χ4v) is 2.24. The van der Waals surface area contributed by atoms with E-state index in [-0.39, 0.29) is 9.50 Å². The molecule has 7 heteroatoms. The molecule has 1 heterocycles. The van der Waals surface area contributed by atoms with Crippen LogP contribution in [0, 0.1) is 0 Å². The van der Waals surface area contributed by atoms with Crippen LogP contribution in [0.2, 0.25) is 0 Å². The van der Waals surface area contributed by atoms with Crippen LogP contribution in [-0.4, -0.2) is 19.5 Å². The van der Waals surface area contributed by atoms with Crippen molar-refractivity contribution in [2.45, 2.75) is 4.90 Å². The van der Waals surface area contributed by atoms with Crippen LogP contribution in [0.15, 0.2) is 32.2 Å². The SMILES string of the molecule is O=C=NS(=O)(=O)c1cccnc1Br. The molecule has 68 valence electrons. The van der Waals surface area contributed by atoms with Gasteiger partial charge < -0.3 is 0 Å². The van der Waals surface area contributed by atoms with Crippen LogP contribution in [0.3, 0.4) is 0 Å². The Balaban J connectivity index is 3.39. The normalized spacial score (nSPS) is 10.5. The van der Waals surface area contributed by atoms with Crippen molar-refractivity contribution in [3.8, 4) is 0 Å². The maximum atomic E-state index is 11.2. The number of nitrogens with zero attached hydrogens (tertiary/aromatic N) is 2. The van der Waals surface area contributed by atoms with Crippen molar-refractivity contribution in [1.82, 2.24) is 4.98 Å². The van der Waals surface area contributed by atoms with Crippen LogP contribution in [-0.2, 0) is 14.8 Å². The summed E-state index contributed by atoms with van der Waals surface area (Å²) in [6.07, 6.45) is 2.38.